The highest BCUT2D eigenvalue weighted by atomic mass is 31.2. The Labute approximate surface area is 112 Å². The summed E-state index contributed by atoms with van der Waals surface area (Å²) in [5.74, 6) is 0.185. The zero-order chi connectivity index (χ0) is 14.5. The summed E-state index contributed by atoms with van der Waals surface area (Å²) in [7, 11) is -2.59. The van der Waals surface area contributed by atoms with E-state index in [1.54, 1.807) is 6.20 Å². The summed E-state index contributed by atoms with van der Waals surface area (Å²) in [6.45, 7) is 6.05. The van der Waals surface area contributed by atoms with Gasteiger partial charge in [-0.1, -0.05) is 13.8 Å². The molecule has 1 unspecified atom stereocenters. The highest BCUT2D eigenvalue weighted by Gasteiger charge is 2.27. The highest BCUT2D eigenvalue weighted by molar-refractivity contribution is 7.58. The van der Waals surface area contributed by atoms with Crippen LogP contribution in [0.15, 0.2) is 17.1 Å². The highest BCUT2D eigenvalue weighted by Crippen LogP contribution is 2.45. The predicted octanol–water partition coefficient (Wildman–Crippen LogP) is 1.13. The number of anilines is 1. The van der Waals surface area contributed by atoms with Crippen molar-refractivity contribution in [2.75, 3.05) is 25.4 Å². The first-order valence-corrected chi connectivity index (χ1v) is 8.38. The molecule has 0 spiro atoms. The Balaban J connectivity index is 0.000000861. The molecule has 2 atom stereocenters. The average molecular weight is 289 g/mol. The lowest BCUT2D eigenvalue weighted by Gasteiger charge is -2.27. The van der Waals surface area contributed by atoms with E-state index < -0.39 is 13.1 Å². The van der Waals surface area contributed by atoms with Crippen LogP contribution in [0.1, 0.15) is 13.8 Å². The molecular weight excluding hydrogens is 269 g/mol. The van der Waals surface area contributed by atoms with E-state index in [-0.39, 0.29) is 24.9 Å². The molecule has 1 aromatic heterocycles. The van der Waals surface area contributed by atoms with E-state index in [9.17, 15) is 9.36 Å². The van der Waals surface area contributed by atoms with Gasteiger partial charge < -0.3 is 15.0 Å². The van der Waals surface area contributed by atoms with Crippen LogP contribution >= 0.6 is 7.37 Å². The number of hydrogen-bond acceptors (Lipinski definition) is 6. The molecule has 1 fully saturated rings. The number of aromatic nitrogens is 2. The normalized spacial score (nSPS) is 26.4. The number of nitrogens with two attached hydrogens (primary N) is 1. The Bertz CT molecular complexity index is 505. The predicted molar refractivity (Wildman–Crippen MR) is 73.5 cm³/mol. The lowest BCUT2D eigenvalue weighted by Crippen LogP contribution is -2.34. The van der Waals surface area contributed by atoms with Crippen LogP contribution in [0.4, 0.5) is 5.82 Å². The fourth-order valence-electron chi connectivity index (χ4n) is 1.47. The van der Waals surface area contributed by atoms with Gasteiger partial charge in [-0.2, -0.15) is 4.98 Å². The molecule has 2 rings (SSSR count). The first-order valence-electron chi connectivity index (χ1n) is 6.12. The quantitative estimate of drug-likeness (QED) is 0.820. The molecule has 1 aromatic rings. The lowest BCUT2D eigenvalue weighted by atomic mass is 10.3. The van der Waals surface area contributed by atoms with Crippen molar-refractivity contribution in [2.24, 2.45) is 0 Å². The van der Waals surface area contributed by atoms with Gasteiger partial charge in [0, 0.05) is 12.9 Å². The van der Waals surface area contributed by atoms with E-state index in [1.165, 1.54) is 17.3 Å². The van der Waals surface area contributed by atoms with Gasteiger partial charge in [0.25, 0.3) is 0 Å². The summed E-state index contributed by atoms with van der Waals surface area (Å²) >= 11 is 0. The van der Waals surface area contributed by atoms with Crippen LogP contribution in [0, 0.1) is 0 Å². The van der Waals surface area contributed by atoms with Gasteiger partial charge in [-0.15, -0.1) is 0 Å². The van der Waals surface area contributed by atoms with Crippen LogP contribution in [0.25, 0.3) is 0 Å². The summed E-state index contributed by atoms with van der Waals surface area (Å²) in [6, 6.07) is 1.54. The Morgan fingerprint density at radius 3 is 2.79 bits per heavy atom. The molecule has 2 heterocycles. The van der Waals surface area contributed by atoms with Crippen LogP contribution in [0.3, 0.4) is 0 Å². The first kappa shape index (κ1) is 15.9. The number of rotatable bonds is 2. The zero-order valence-electron chi connectivity index (χ0n) is 11.4. The average Bonchev–Trinajstić information content (AvgIpc) is 2.37. The minimum atomic E-state index is -2.59. The van der Waals surface area contributed by atoms with Gasteiger partial charge in [0.1, 0.15) is 18.3 Å². The fraction of sp³-hybridized carbons (Fsp3) is 0.636. The molecule has 1 saturated heterocycles. The van der Waals surface area contributed by atoms with Crippen molar-refractivity contribution in [3.63, 3.8) is 0 Å². The van der Waals surface area contributed by atoms with E-state index >= 15 is 0 Å². The molecule has 19 heavy (non-hydrogen) atoms. The monoisotopic (exact) mass is 289 g/mol. The second-order valence-corrected chi connectivity index (χ2v) is 6.56. The van der Waals surface area contributed by atoms with Crippen molar-refractivity contribution in [2.45, 2.75) is 26.5 Å². The molecule has 7 nitrogen and oxygen atoms in total. The molecule has 0 radical (unpaired) electrons. The summed E-state index contributed by atoms with van der Waals surface area (Å²) in [4.78, 5) is 15.1. The van der Waals surface area contributed by atoms with E-state index in [1.807, 2.05) is 13.8 Å². The van der Waals surface area contributed by atoms with E-state index in [0.717, 1.165) is 0 Å². The molecule has 0 bridgehead atoms. The minimum Gasteiger partial charge on any atom is -0.383 e. The Morgan fingerprint density at radius 1 is 1.58 bits per heavy atom. The molecule has 2 N–H and O–H groups in total. The maximum Gasteiger partial charge on any atom is 0.349 e. The second-order valence-electron chi connectivity index (χ2n) is 4.01. The van der Waals surface area contributed by atoms with Crippen molar-refractivity contribution >= 4 is 13.2 Å². The smallest absolute Gasteiger partial charge is 0.349 e. The Morgan fingerprint density at radius 2 is 2.26 bits per heavy atom. The molecule has 0 amide bonds. The maximum absolute atomic E-state index is 11.5. The summed E-state index contributed by atoms with van der Waals surface area (Å²) < 4.78 is 23.4. The summed E-state index contributed by atoms with van der Waals surface area (Å²) in [6.07, 6.45) is 1.34. The van der Waals surface area contributed by atoms with Gasteiger partial charge in [0.15, 0.2) is 0 Å². The van der Waals surface area contributed by atoms with E-state index in [0.29, 0.717) is 6.54 Å². The Hall–Kier alpha value is -1.17. The SMILES string of the molecule is CC.CP1(=O)CO[C@@H](Cn2ccc(N)nc2=O)CO1. The van der Waals surface area contributed by atoms with Crippen LogP contribution < -0.4 is 11.4 Å². The largest absolute Gasteiger partial charge is 0.383 e. The van der Waals surface area contributed by atoms with Gasteiger partial charge in [0.05, 0.1) is 13.2 Å². The Kier molecular flexibility index (Phi) is 5.72. The van der Waals surface area contributed by atoms with Gasteiger partial charge in [-0.05, 0) is 6.07 Å². The molecule has 1 aliphatic heterocycles. The van der Waals surface area contributed by atoms with Crippen LogP contribution in [-0.4, -0.2) is 35.3 Å². The molecular formula is C11H20N3O4P. The summed E-state index contributed by atoms with van der Waals surface area (Å²) in [5.41, 5.74) is 4.95. The molecule has 0 saturated carbocycles. The van der Waals surface area contributed by atoms with Gasteiger partial charge >= 0.3 is 5.69 Å². The van der Waals surface area contributed by atoms with Crippen LogP contribution in [0.2, 0.25) is 0 Å². The maximum atomic E-state index is 11.5. The molecule has 1 aliphatic rings. The molecule has 0 aromatic carbocycles. The fourth-order valence-corrected chi connectivity index (χ4v) is 2.51. The van der Waals surface area contributed by atoms with Crippen molar-refractivity contribution in [1.82, 2.24) is 9.55 Å². The number of ether oxygens (including phenoxy) is 1. The second kappa shape index (κ2) is 6.84. The minimum absolute atomic E-state index is 0.0782. The number of hydrogen-bond donors (Lipinski definition) is 1. The van der Waals surface area contributed by atoms with Gasteiger partial charge in [-0.3, -0.25) is 9.13 Å². The molecule has 108 valence electrons. The van der Waals surface area contributed by atoms with Crippen molar-refractivity contribution in [3.8, 4) is 0 Å². The van der Waals surface area contributed by atoms with E-state index in [2.05, 4.69) is 4.98 Å². The van der Waals surface area contributed by atoms with Crippen molar-refractivity contribution < 1.29 is 13.8 Å². The third-order valence-corrected chi connectivity index (χ3v) is 3.69. The topological polar surface area (TPSA) is 96.4 Å². The van der Waals surface area contributed by atoms with Gasteiger partial charge in [0.2, 0.25) is 7.37 Å². The number of nitrogen functional groups attached to an aromatic ring is 1. The van der Waals surface area contributed by atoms with Gasteiger partial charge in [-0.25, -0.2) is 4.79 Å². The first-order chi connectivity index (χ1) is 8.96. The molecule has 8 heteroatoms. The third kappa shape index (κ3) is 4.78. The molecule has 0 aliphatic carbocycles. The standard InChI is InChI=1S/C9H14N3O4P.C2H6/c1-17(14)6-15-7(5-16-17)4-12-3-2-8(10)11-9(12)13;1-2/h2-3,7H,4-6H2,1H3,(H2,10,11,13);1-2H3/t7-,17?;/m0./s1. The third-order valence-electron chi connectivity index (χ3n) is 2.37. The van der Waals surface area contributed by atoms with Crippen LogP contribution in [-0.2, 0) is 20.4 Å². The summed E-state index contributed by atoms with van der Waals surface area (Å²) in [5, 5.41) is 0. The number of nitrogens with zero attached hydrogens (tertiary/aromatic N) is 2. The van der Waals surface area contributed by atoms with Crippen LogP contribution in [0.5, 0.6) is 0 Å². The van der Waals surface area contributed by atoms with Crippen molar-refractivity contribution in [3.05, 3.63) is 22.7 Å². The lowest BCUT2D eigenvalue weighted by molar-refractivity contribution is 0.00381. The zero-order valence-corrected chi connectivity index (χ0v) is 12.3. The van der Waals surface area contributed by atoms with E-state index in [4.69, 9.17) is 15.0 Å². The van der Waals surface area contributed by atoms with Crippen molar-refractivity contribution in [1.29, 1.82) is 0 Å².